The van der Waals surface area contributed by atoms with E-state index >= 15 is 0 Å². The molecule has 2 heterocycles. The number of fused-ring (bicyclic) bond motifs is 1. The van der Waals surface area contributed by atoms with Crippen LogP contribution in [0.3, 0.4) is 0 Å². The van der Waals surface area contributed by atoms with E-state index in [0.29, 0.717) is 5.92 Å². The zero-order chi connectivity index (χ0) is 16.4. The lowest BCUT2D eigenvalue weighted by Crippen LogP contribution is -1.88. The maximum Gasteiger partial charge on any atom is 0.183 e. The number of hydrogen-bond donors (Lipinski definition) is 0. The fourth-order valence-corrected chi connectivity index (χ4v) is 2.70. The quantitative estimate of drug-likeness (QED) is 0.566. The molecule has 0 atom stereocenters. The highest BCUT2D eigenvalue weighted by Gasteiger charge is 2.16. The number of hydrogen-bond acceptors (Lipinski definition) is 3. The van der Waals surface area contributed by atoms with E-state index in [2.05, 4.69) is 50.1 Å². The summed E-state index contributed by atoms with van der Waals surface area (Å²) in [4.78, 5) is 4.78. The minimum Gasteiger partial charge on any atom is -0.283 e. The molecule has 0 N–H and O–H groups in total. The first-order valence-corrected chi connectivity index (χ1v) is 8.09. The van der Waals surface area contributed by atoms with Gasteiger partial charge in [-0.2, -0.15) is 0 Å². The van der Waals surface area contributed by atoms with Gasteiger partial charge in [0.15, 0.2) is 5.82 Å². The number of aryl methyl sites for hydroxylation is 2. The molecular weight excluding hydrogens is 284 g/mol. The smallest absolute Gasteiger partial charge is 0.183 e. The Kier molecular flexibility index (Phi) is 4.24. The van der Waals surface area contributed by atoms with E-state index in [1.54, 1.807) is 0 Å². The maximum absolute atomic E-state index is 4.78. The topological polar surface area (TPSA) is 42.0 Å². The number of imidazole rings is 1. The van der Waals surface area contributed by atoms with Gasteiger partial charge in [-0.1, -0.05) is 45.0 Å². The lowest BCUT2D eigenvalue weighted by Gasteiger charge is -2.03. The first-order chi connectivity index (χ1) is 11.1. The van der Waals surface area contributed by atoms with Crippen LogP contribution in [0.5, 0.6) is 0 Å². The van der Waals surface area contributed by atoms with Crippen LogP contribution in [0, 0.1) is 6.92 Å². The zero-order valence-electron chi connectivity index (χ0n) is 14.1. The van der Waals surface area contributed by atoms with Gasteiger partial charge in [-0.05, 0) is 42.5 Å². The van der Waals surface area contributed by atoms with E-state index in [1.165, 1.54) is 5.56 Å². The minimum absolute atomic E-state index is 0.296. The molecule has 0 aliphatic rings. The van der Waals surface area contributed by atoms with Crippen molar-refractivity contribution in [1.82, 2.24) is 9.38 Å². The molecule has 0 spiro atoms. The molecule has 0 saturated heterocycles. The van der Waals surface area contributed by atoms with Gasteiger partial charge in [-0.15, -0.1) is 10.2 Å². The first-order valence-electron chi connectivity index (χ1n) is 8.09. The number of benzene rings is 1. The molecule has 0 radical (unpaired) electrons. The van der Waals surface area contributed by atoms with Crippen LogP contribution >= 0.6 is 0 Å². The van der Waals surface area contributed by atoms with Gasteiger partial charge in [0.2, 0.25) is 0 Å². The Morgan fingerprint density at radius 2 is 1.87 bits per heavy atom. The van der Waals surface area contributed by atoms with Crippen molar-refractivity contribution in [3.63, 3.8) is 0 Å². The van der Waals surface area contributed by atoms with E-state index in [-0.39, 0.29) is 0 Å². The van der Waals surface area contributed by atoms with E-state index in [4.69, 9.17) is 4.98 Å². The number of pyridine rings is 1. The molecule has 0 aliphatic heterocycles. The molecule has 2 aromatic heterocycles. The van der Waals surface area contributed by atoms with E-state index in [1.807, 2.05) is 34.9 Å². The average molecular weight is 306 g/mol. The second kappa shape index (κ2) is 6.32. The third-order valence-corrected chi connectivity index (χ3v) is 4.02. The van der Waals surface area contributed by atoms with Crippen LogP contribution in [-0.2, 0) is 6.42 Å². The molecule has 4 nitrogen and oxygen atoms in total. The third kappa shape index (κ3) is 2.89. The van der Waals surface area contributed by atoms with Crippen molar-refractivity contribution in [3.05, 3.63) is 59.4 Å². The van der Waals surface area contributed by atoms with Crippen molar-refractivity contribution < 1.29 is 0 Å². The summed E-state index contributed by atoms with van der Waals surface area (Å²) in [5.41, 5.74) is 5.20. The van der Waals surface area contributed by atoms with Crippen molar-refractivity contribution in [2.45, 2.75) is 40.0 Å². The molecule has 0 unspecified atom stereocenters. The fraction of sp³-hybridized carbons (Fsp3) is 0.316. The highest BCUT2D eigenvalue weighted by Crippen LogP contribution is 2.31. The van der Waals surface area contributed by atoms with Crippen LogP contribution in [-0.4, -0.2) is 9.38 Å². The van der Waals surface area contributed by atoms with Crippen molar-refractivity contribution in [3.8, 4) is 0 Å². The fourth-order valence-electron chi connectivity index (χ4n) is 2.70. The lowest BCUT2D eigenvalue weighted by molar-refractivity contribution is 0.831. The molecule has 4 heteroatoms. The molecule has 118 valence electrons. The predicted octanol–water partition coefficient (Wildman–Crippen LogP) is 5.74. The third-order valence-electron chi connectivity index (χ3n) is 4.02. The van der Waals surface area contributed by atoms with Gasteiger partial charge in [0.1, 0.15) is 5.65 Å². The monoisotopic (exact) mass is 306 g/mol. The summed E-state index contributed by atoms with van der Waals surface area (Å²) < 4.78 is 2.03. The zero-order valence-corrected chi connectivity index (χ0v) is 14.1. The Morgan fingerprint density at radius 3 is 2.61 bits per heavy atom. The highest BCUT2D eigenvalue weighted by atomic mass is 15.2. The molecule has 3 aromatic rings. The average Bonchev–Trinajstić information content (AvgIpc) is 2.93. The van der Waals surface area contributed by atoms with Crippen molar-refractivity contribution >= 4 is 17.2 Å². The summed E-state index contributed by atoms with van der Waals surface area (Å²) in [6.07, 6.45) is 2.94. The van der Waals surface area contributed by atoms with Crippen LogP contribution in [0.4, 0.5) is 11.5 Å². The Bertz CT molecular complexity index is 859. The van der Waals surface area contributed by atoms with Crippen molar-refractivity contribution in [1.29, 1.82) is 0 Å². The standard InChI is InChI=1S/C19H22N4/c1-5-15-10-6-7-11-16(15)21-22-19-17(13(2)3)20-18-14(4)9-8-12-23(18)19/h6-13H,5H2,1-4H3. The van der Waals surface area contributed by atoms with Gasteiger partial charge in [0, 0.05) is 6.20 Å². The Hall–Kier alpha value is -2.49. The highest BCUT2D eigenvalue weighted by molar-refractivity contribution is 5.57. The molecular formula is C19H22N4. The molecule has 3 rings (SSSR count). The summed E-state index contributed by atoms with van der Waals surface area (Å²) in [6, 6.07) is 12.2. The van der Waals surface area contributed by atoms with Gasteiger partial charge in [0.05, 0.1) is 11.4 Å². The Balaban J connectivity index is 2.13. The van der Waals surface area contributed by atoms with E-state index < -0.39 is 0 Å². The summed E-state index contributed by atoms with van der Waals surface area (Å²) in [6.45, 7) is 8.47. The second-order valence-electron chi connectivity index (χ2n) is 6.04. The summed E-state index contributed by atoms with van der Waals surface area (Å²) >= 11 is 0. The van der Waals surface area contributed by atoms with Gasteiger partial charge in [0.25, 0.3) is 0 Å². The summed E-state index contributed by atoms with van der Waals surface area (Å²) in [7, 11) is 0. The van der Waals surface area contributed by atoms with E-state index in [0.717, 1.165) is 34.8 Å². The molecule has 0 bridgehead atoms. The molecule has 0 saturated carbocycles. The van der Waals surface area contributed by atoms with E-state index in [9.17, 15) is 0 Å². The first kappa shape index (κ1) is 15.4. The molecule has 0 fully saturated rings. The van der Waals surface area contributed by atoms with Crippen LogP contribution in [0.2, 0.25) is 0 Å². The number of aromatic nitrogens is 2. The normalized spacial score (nSPS) is 11.9. The van der Waals surface area contributed by atoms with Gasteiger partial charge in [-0.25, -0.2) is 4.98 Å². The maximum atomic E-state index is 4.78. The molecule has 0 aliphatic carbocycles. The summed E-state index contributed by atoms with van der Waals surface area (Å²) in [5.74, 6) is 1.12. The largest absolute Gasteiger partial charge is 0.283 e. The van der Waals surface area contributed by atoms with Crippen LogP contribution < -0.4 is 0 Å². The summed E-state index contributed by atoms with van der Waals surface area (Å²) in [5, 5.41) is 9.07. The van der Waals surface area contributed by atoms with Crippen LogP contribution in [0.25, 0.3) is 5.65 Å². The molecule has 1 aromatic carbocycles. The lowest BCUT2D eigenvalue weighted by atomic mass is 10.1. The molecule has 23 heavy (non-hydrogen) atoms. The van der Waals surface area contributed by atoms with Crippen LogP contribution in [0.1, 0.15) is 43.5 Å². The van der Waals surface area contributed by atoms with Crippen molar-refractivity contribution in [2.24, 2.45) is 10.2 Å². The second-order valence-corrected chi connectivity index (χ2v) is 6.04. The van der Waals surface area contributed by atoms with Gasteiger partial charge < -0.3 is 0 Å². The number of rotatable bonds is 4. The van der Waals surface area contributed by atoms with Crippen molar-refractivity contribution in [2.75, 3.05) is 0 Å². The van der Waals surface area contributed by atoms with Gasteiger partial charge >= 0.3 is 0 Å². The number of azo groups is 1. The molecule has 0 amide bonds. The minimum atomic E-state index is 0.296. The Morgan fingerprint density at radius 1 is 1.09 bits per heavy atom. The number of nitrogens with zero attached hydrogens (tertiary/aromatic N) is 4. The van der Waals surface area contributed by atoms with Gasteiger partial charge in [-0.3, -0.25) is 4.40 Å². The van der Waals surface area contributed by atoms with Crippen LogP contribution in [0.15, 0.2) is 52.8 Å². The predicted molar refractivity (Wildman–Crippen MR) is 94.0 cm³/mol. The Labute approximate surface area is 136 Å². The SMILES string of the molecule is CCc1ccccc1N=Nc1c(C(C)C)nc2c(C)cccn12.